The number of nitrogens with zero attached hydrogens (tertiary/aromatic N) is 1. The Morgan fingerprint density at radius 1 is 1.53 bits per heavy atom. The van der Waals surface area contributed by atoms with E-state index in [1.54, 1.807) is 12.1 Å². The molecule has 1 amide bonds. The summed E-state index contributed by atoms with van der Waals surface area (Å²) >= 11 is 3.21. The van der Waals surface area contributed by atoms with Crippen LogP contribution in [0.1, 0.15) is 30.1 Å². The van der Waals surface area contributed by atoms with Crippen molar-refractivity contribution in [3.8, 4) is 5.75 Å². The molecule has 1 aromatic carbocycles. The average Bonchev–Trinajstić information content (AvgIpc) is 3.12. The maximum atomic E-state index is 12.2. The van der Waals surface area contributed by atoms with Crippen LogP contribution in [-0.2, 0) is 0 Å². The van der Waals surface area contributed by atoms with Gasteiger partial charge in [0.2, 0.25) is 0 Å². The molecule has 0 saturated heterocycles. The van der Waals surface area contributed by atoms with Crippen LogP contribution < -0.4 is 0 Å². The molecule has 0 bridgehead atoms. The summed E-state index contributed by atoms with van der Waals surface area (Å²) in [6.45, 7) is 3.54. The van der Waals surface area contributed by atoms with E-state index in [4.69, 9.17) is 0 Å². The molecule has 1 N–H and O–H groups in total. The summed E-state index contributed by atoms with van der Waals surface area (Å²) in [5.74, 6) is 0.795. The highest BCUT2D eigenvalue weighted by atomic mass is 79.9. The lowest BCUT2D eigenvalue weighted by atomic mass is 10.2. The first kappa shape index (κ1) is 12.4. The van der Waals surface area contributed by atoms with Crippen LogP contribution in [0.4, 0.5) is 0 Å². The first-order valence-corrected chi connectivity index (χ1v) is 6.69. The highest BCUT2D eigenvalue weighted by Crippen LogP contribution is 2.30. The second kappa shape index (κ2) is 5.08. The number of hydrogen-bond acceptors (Lipinski definition) is 2. The molecule has 1 saturated carbocycles. The van der Waals surface area contributed by atoms with Crippen LogP contribution in [0.15, 0.2) is 22.7 Å². The van der Waals surface area contributed by atoms with Gasteiger partial charge in [-0.2, -0.15) is 0 Å². The summed E-state index contributed by atoms with van der Waals surface area (Å²) in [5, 5.41) is 9.58. The van der Waals surface area contributed by atoms with Crippen LogP contribution in [-0.4, -0.2) is 29.0 Å². The van der Waals surface area contributed by atoms with E-state index < -0.39 is 0 Å². The van der Waals surface area contributed by atoms with Gasteiger partial charge in [0.15, 0.2) is 0 Å². The number of carbonyl (C=O) groups excluding carboxylic acids is 1. The number of amides is 1. The van der Waals surface area contributed by atoms with Crippen molar-refractivity contribution in [1.82, 2.24) is 4.90 Å². The quantitative estimate of drug-likeness (QED) is 0.928. The van der Waals surface area contributed by atoms with Gasteiger partial charge < -0.3 is 10.0 Å². The number of hydrogen-bond donors (Lipinski definition) is 1. The normalized spacial score (nSPS) is 14.7. The van der Waals surface area contributed by atoms with Crippen LogP contribution in [0.2, 0.25) is 0 Å². The highest BCUT2D eigenvalue weighted by molar-refractivity contribution is 9.10. The third-order valence-corrected chi connectivity index (χ3v) is 3.71. The summed E-state index contributed by atoms with van der Waals surface area (Å²) in [5.41, 5.74) is 0.549. The molecule has 92 valence electrons. The molecule has 1 aromatic rings. The summed E-state index contributed by atoms with van der Waals surface area (Å²) in [6, 6.07) is 4.96. The number of phenols is 1. The molecule has 1 fully saturated rings. The maximum absolute atomic E-state index is 12.2. The molecule has 0 atom stereocenters. The van der Waals surface area contributed by atoms with Gasteiger partial charge >= 0.3 is 0 Å². The minimum atomic E-state index is 0.00204. The molecule has 4 heteroatoms. The largest absolute Gasteiger partial charge is 0.507 e. The SMILES string of the molecule is CCN(CC1CC1)C(=O)c1ccc(Br)c(O)c1. The van der Waals surface area contributed by atoms with Crippen molar-refractivity contribution >= 4 is 21.8 Å². The lowest BCUT2D eigenvalue weighted by Gasteiger charge is -2.20. The lowest BCUT2D eigenvalue weighted by Crippen LogP contribution is -2.32. The molecular weight excluding hydrogens is 282 g/mol. The zero-order valence-electron chi connectivity index (χ0n) is 9.82. The van der Waals surface area contributed by atoms with E-state index in [-0.39, 0.29) is 11.7 Å². The van der Waals surface area contributed by atoms with Crippen molar-refractivity contribution in [1.29, 1.82) is 0 Å². The van der Waals surface area contributed by atoms with Gasteiger partial charge in [-0.05, 0) is 59.8 Å². The van der Waals surface area contributed by atoms with Crippen LogP contribution in [0.5, 0.6) is 5.75 Å². The number of carbonyl (C=O) groups is 1. The van der Waals surface area contributed by atoms with Gasteiger partial charge in [-0.15, -0.1) is 0 Å². The van der Waals surface area contributed by atoms with E-state index in [1.165, 1.54) is 18.9 Å². The van der Waals surface area contributed by atoms with E-state index >= 15 is 0 Å². The molecule has 0 unspecified atom stereocenters. The Bertz CT molecular complexity index is 429. The van der Waals surface area contributed by atoms with Gasteiger partial charge in [0.25, 0.3) is 5.91 Å². The van der Waals surface area contributed by atoms with Crippen LogP contribution in [0.25, 0.3) is 0 Å². The monoisotopic (exact) mass is 297 g/mol. The topological polar surface area (TPSA) is 40.5 Å². The van der Waals surface area contributed by atoms with Gasteiger partial charge in [0, 0.05) is 18.7 Å². The number of phenolic OH excluding ortho intramolecular Hbond substituents is 1. The third kappa shape index (κ3) is 3.00. The zero-order chi connectivity index (χ0) is 12.4. The van der Waals surface area contributed by atoms with E-state index in [9.17, 15) is 9.90 Å². The van der Waals surface area contributed by atoms with Gasteiger partial charge in [-0.25, -0.2) is 0 Å². The molecule has 0 radical (unpaired) electrons. The minimum Gasteiger partial charge on any atom is -0.507 e. The molecular formula is C13H16BrNO2. The van der Waals surface area contributed by atoms with Crippen molar-refractivity contribution < 1.29 is 9.90 Å². The second-order valence-electron chi connectivity index (χ2n) is 4.45. The predicted molar refractivity (Wildman–Crippen MR) is 70.1 cm³/mol. The fourth-order valence-electron chi connectivity index (χ4n) is 1.80. The third-order valence-electron chi connectivity index (χ3n) is 3.04. The molecule has 0 aromatic heterocycles. The van der Waals surface area contributed by atoms with Crippen molar-refractivity contribution in [2.45, 2.75) is 19.8 Å². The van der Waals surface area contributed by atoms with Crippen molar-refractivity contribution in [3.05, 3.63) is 28.2 Å². The van der Waals surface area contributed by atoms with Crippen LogP contribution in [0.3, 0.4) is 0 Å². The highest BCUT2D eigenvalue weighted by Gasteiger charge is 2.26. The standard InChI is InChI=1S/C13H16BrNO2/c1-2-15(8-9-3-4-9)13(17)10-5-6-11(14)12(16)7-10/h5-7,9,16H,2-4,8H2,1H3. The Kier molecular flexibility index (Phi) is 3.72. The number of aromatic hydroxyl groups is 1. The Labute approximate surface area is 110 Å². The van der Waals surface area contributed by atoms with E-state index in [0.717, 1.165) is 6.54 Å². The second-order valence-corrected chi connectivity index (χ2v) is 5.31. The molecule has 2 rings (SSSR count). The summed E-state index contributed by atoms with van der Waals surface area (Å²) in [6.07, 6.45) is 2.46. The molecule has 1 aliphatic carbocycles. The molecule has 0 aliphatic heterocycles. The Morgan fingerprint density at radius 3 is 2.76 bits per heavy atom. The first-order valence-electron chi connectivity index (χ1n) is 5.89. The van der Waals surface area contributed by atoms with Gasteiger partial charge in [-0.1, -0.05) is 0 Å². The fourth-order valence-corrected chi connectivity index (χ4v) is 2.04. The number of benzene rings is 1. The van der Waals surface area contributed by atoms with Crippen molar-refractivity contribution in [3.63, 3.8) is 0 Å². The number of halogens is 1. The first-order chi connectivity index (χ1) is 8.11. The fraction of sp³-hybridized carbons (Fsp3) is 0.462. The lowest BCUT2D eigenvalue weighted by molar-refractivity contribution is 0.0756. The Hall–Kier alpha value is -1.03. The smallest absolute Gasteiger partial charge is 0.253 e. The number of rotatable bonds is 4. The molecule has 1 aliphatic rings. The van der Waals surface area contributed by atoms with Crippen LogP contribution in [0, 0.1) is 5.92 Å². The van der Waals surface area contributed by atoms with Crippen molar-refractivity contribution in [2.75, 3.05) is 13.1 Å². The summed E-state index contributed by atoms with van der Waals surface area (Å²) in [4.78, 5) is 14.0. The van der Waals surface area contributed by atoms with E-state index in [2.05, 4.69) is 15.9 Å². The maximum Gasteiger partial charge on any atom is 0.253 e. The van der Waals surface area contributed by atoms with E-state index in [0.29, 0.717) is 22.5 Å². The Balaban J connectivity index is 2.12. The van der Waals surface area contributed by atoms with E-state index in [1.807, 2.05) is 11.8 Å². The van der Waals surface area contributed by atoms with Gasteiger partial charge in [0.05, 0.1) is 4.47 Å². The average molecular weight is 298 g/mol. The molecule has 0 spiro atoms. The predicted octanol–water partition coefficient (Wildman–Crippen LogP) is 3.03. The zero-order valence-corrected chi connectivity index (χ0v) is 11.4. The molecule has 0 heterocycles. The van der Waals surface area contributed by atoms with Gasteiger partial charge in [0.1, 0.15) is 5.75 Å². The van der Waals surface area contributed by atoms with Gasteiger partial charge in [-0.3, -0.25) is 4.79 Å². The molecule has 3 nitrogen and oxygen atoms in total. The summed E-state index contributed by atoms with van der Waals surface area (Å²) < 4.78 is 0.610. The molecule has 17 heavy (non-hydrogen) atoms. The minimum absolute atomic E-state index is 0.00204. The Morgan fingerprint density at radius 2 is 2.24 bits per heavy atom. The van der Waals surface area contributed by atoms with Crippen LogP contribution >= 0.6 is 15.9 Å². The van der Waals surface area contributed by atoms with Crippen molar-refractivity contribution in [2.24, 2.45) is 5.92 Å². The summed E-state index contributed by atoms with van der Waals surface area (Å²) in [7, 11) is 0.